The Bertz CT molecular complexity index is 445. The van der Waals surface area contributed by atoms with Crippen LogP contribution in [0.3, 0.4) is 0 Å². The molecule has 0 aliphatic carbocycles. The average Bonchev–Trinajstić information content (AvgIpc) is 2.82. The molecule has 0 N–H and O–H groups in total. The molecule has 3 heteroatoms. The molecule has 76 valence electrons. The van der Waals surface area contributed by atoms with Crippen molar-refractivity contribution < 1.29 is 4.79 Å². The summed E-state index contributed by atoms with van der Waals surface area (Å²) < 4.78 is 4.24. The van der Waals surface area contributed by atoms with Gasteiger partial charge in [0.1, 0.15) is 0 Å². The van der Waals surface area contributed by atoms with Crippen molar-refractivity contribution in [3.63, 3.8) is 0 Å². The molecule has 1 aromatic heterocycles. The third-order valence-electron chi connectivity index (χ3n) is 2.26. The van der Waals surface area contributed by atoms with Crippen LogP contribution in [0.2, 0.25) is 0 Å². The van der Waals surface area contributed by atoms with Gasteiger partial charge in [0, 0.05) is 22.9 Å². The topological polar surface area (TPSA) is 30.0 Å². The molecule has 2 rings (SSSR count). The van der Waals surface area contributed by atoms with Crippen molar-refractivity contribution in [1.82, 2.24) is 4.37 Å². The van der Waals surface area contributed by atoms with Gasteiger partial charge >= 0.3 is 0 Å². The molecule has 0 fully saturated rings. The molecule has 1 aromatic carbocycles. The van der Waals surface area contributed by atoms with E-state index in [9.17, 15) is 4.79 Å². The molecule has 2 aromatic rings. The van der Waals surface area contributed by atoms with Crippen LogP contribution in [0.15, 0.2) is 35.7 Å². The summed E-state index contributed by atoms with van der Waals surface area (Å²) in [6.07, 6.45) is 0.552. The van der Waals surface area contributed by atoms with E-state index in [1.165, 1.54) is 11.5 Å². The number of hydrogen-bond acceptors (Lipinski definition) is 3. The number of Topliss-reactive ketones (excluding diaryl/α,β-unsaturated/α-hetero) is 1. The second-order valence-corrected chi connectivity index (χ2v) is 3.90. The van der Waals surface area contributed by atoms with Gasteiger partial charge in [-0.05, 0) is 17.6 Å². The molecular weight excluding hydrogens is 206 g/mol. The highest BCUT2D eigenvalue weighted by molar-refractivity contribution is 7.03. The zero-order valence-electron chi connectivity index (χ0n) is 8.43. The van der Waals surface area contributed by atoms with E-state index >= 15 is 0 Å². The largest absolute Gasteiger partial charge is 0.294 e. The maximum Gasteiger partial charge on any atom is 0.162 e. The number of hydrogen-bond donors (Lipinski definition) is 0. The molecule has 0 saturated heterocycles. The number of rotatable bonds is 3. The van der Waals surface area contributed by atoms with Crippen LogP contribution < -0.4 is 0 Å². The number of aromatic nitrogens is 1. The van der Waals surface area contributed by atoms with Crippen molar-refractivity contribution in [2.75, 3.05) is 0 Å². The molecule has 0 unspecified atom stereocenters. The van der Waals surface area contributed by atoms with Crippen molar-refractivity contribution in [2.45, 2.75) is 13.3 Å². The van der Waals surface area contributed by atoms with Crippen molar-refractivity contribution in [3.05, 3.63) is 41.3 Å². The van der Waals surface area contributed by atoms with Crippen molar-refractivity contribution in [2.24, 2.45) is 0 Å². The van der Waals surface area contributed by atoms with Crippen LogP contribution in [0.1, 0.15) is 23.7 Å². The Morgan fingerprint density at radius 1 is 1.27 bits per heavy atom. The van der Waals surface area contributed by atoms with Gasteiger partial charge in [0.2, 0.25) is 0 Å². The minimum atomic E-state index is 0.180. The molecule has 0 amide bonds. The summed E-state index contributed by atoms with van der Waals surface area (Å²) >= 11 is 1.43. The summed E-state index contributed by atoms with van der Waals surface area (Å²) in [4.78, 5) is 11.4. The molecule has 0 aliphatic rings. The zero-order chi connectivity index (χ0) is 10.7. The lowest BCUT2D eigenvalue weighted by Crippen LogP contribution is -1.95. The van der Waals surface area contributed by atoms with E-state index in [1.54, 1.807) is 0 Å². The van der Waals surface area contributed by atoms with Crippen LogP contribution in [0, 0.1) is 0 Å². The number of carbonyl (C=O) groups excluding carboxylic acids is 1. The minimum absolute atomic E-state index is 0.180. The lowest BCUT2D eigenvalue weighted by Gasteiger charge is -1.99. The van der Waals surface area contributed by atoms with E-state index in [0.717, 1.165) is 16.8 Å². The third-order valence-corrected chi connectivity index (χ3v) is 2.82. The Labute approximate surface area is 92.7 Å². The van der Waals surface area contributed by atoms with Gasteiger partial charge < -0.3 is 0 Å². The van der Waals surface area contributed by atoms with Crippen LogP contribution in [0.25, 0.3) is 11.3 Å². The minimum Gasteiger partial charge on any atom is -0.294 e. The average molecular weight is 217 g/mol. The summed E-state index contributed by atoms with van der Waals surface area (Å²) in [6, 6.07) is 9.58. The monoisotopic (exact) mass is 217 g/mol. The number of nitrogens with zero attached hydrogens (tertiary/aromatic N) is 1. The highest BCUT2D eigenvalue weighted by atomic mass is 32.1. The standard InChI is InChI=1S/C12H11NOS/c1-2-12(14)10-5-3-9(4-6-10)11-7-8-15-13-11/h3-8H,2H2,1H3. The first-order chi connectivity index (χ1) is 7.31. The number of benzene rings is 1. The molecule has 0 aliphatic heterocycles. The number of ketones is 1. The summed E-state index contributed by atoms with van der Waals surface area (Å²) in [7, 11) is 0. The molecule has 15 heavy (non-hydrogen) atoms. The SMILES string of the molecule is CCC(=O)c1ccc(-c2ccsn2)cc1. The van der Waals surface area contributed by atoms with Crippen molar-refractivity contribution >= 4 is 17.3 Å². The number of carbonyl (C=O) groups is 1. The molecule has 0 bridgehead atoms. The van der Waals surface area contributed by atoms with Gasteiger partial charge in [0.05, 0.1) is 5.69 Å². The maximum atomic E-state index is 11.4. The van der Waals surface area contributed by atoms with E-state index in [1.807, 2.05) is 42.6 Å². The summed E-state index contributed by atoms with van der Waals surface area (Å²) in [5.74, 6) is 0.180. The van der Waals surface area contributed by atoms with Crippen LogP contribution >= 0.6 is 11.5 Å². The Morgan fingerprint density at radius 3 is 2.53 bits per heavy atom. The lowest BCUT2D eigenvalue weighted by atomic mass is 10.1. The predicted octanol–water partition coefficient (Wildman–Crippen LogP) is 3.40. The van der Waals surface area contributed by atoms with Gasteiger partial charge in [-0.1, -0.05) is 31.2 Å². The van der Waals surface area contributed by atoms with E-state index in [4.69, 9.17) is 0 Å². The molecule has 1 heterocycles. The van der Waals surface area contributed by atoms with Crippen molar-refractivity contribution in [1.29, 1.82) is 0 Å². The van der Waals surface area contributed by atoms with Gasteiger partial charge in [-0.15, -0.1) is 0 Å². The van der Waals surface area contributed by atoms with E-state index in [-0.39, 0.29) is 5.78 Å². The Morgan fingerprint density at radius 2 is 2.00 bits per heavy atom. The second-order valence-electron chi connectivity index (χ2n) is 3.24. The highest BCUT2D eigenvalue weighted by Crippen LogP contribution is 2.19. The fourth-order valence-corrected chi connectivity index (χ4v) is 1.92. The van der Waals surface area contributed by atoms with Crippen LogP contribution in [-0.4, -0.2) is 10.2 Å². The summed E-state index contributed by atoms with van der Waals surface area (Å²) in [6.45, 7) is 1.87. The normalized spacial score (nSPS) is 10.2. The van der Waals surface area contributed by atoms with E-state index in [2.05, 4.69) is 4.37 Å². The lowest BCUT2D eigenvalue weighted by molar-refractivity contribution is 0.0988. The van der Waals surface area contributed by atoms with E-state index < -0.39 is 0 Å². The fraction of sp³-hybridized carbons (Fsp3) is 0.167. The Kier molecular flexibility index (Phi) is 2.92. The molecule has 0 spiro atoms. The van der Waals surface area contributed by atoms with Crippen LogP contribution in [-0.2, 0) is 0 Å². The molecule has 0 radical (unpaired) electrons. The van der Waals surface area contributed by atoms with Gasteiger partial charge in [0.15, 0.2) is 5.78 Å². The molecule has 2 nitrogen and oxygen atoms in total. The maximum absolute atomic E-state index is 11.4. The van der Waals surface area contributed by atoms with Gasteiger partial charge in [0.25, 0.3) is 0 Å². The van der Waals surface area contributed by atoms with Crippen LogP contribution in [0.4, 0.5) is 0 Å². The van der Waals surface area contributed by atoms with Gasteiger partial charge in [-0.25, -0.2) is 0 Å². The fourth-order valence-electron chi connectivity index (χ4n) is 1.39. The summed E-state index contributed by atoms with van der Waals surface area (Å²) in [5.41, 5.74) is 2.80. The highest BCUT2D eigenvalue weighted by Gasteiger charge is 2.04. The first kappa shape index (κ1) is 10.1. The van der Waals surface area contributed by atoms with Crippen LogP contribution in [0.5, 0.6) is 0 Å². The Balaban J connectivity index is 2.29. The molecular formula is C12H11NOS. The van der Waals surface area contributed by atoms with Crippen molar-refractivity contribution in [3.8, 4) is 11.3 Å². The first-order valence-corrected chi connectivity index (χ1v) is 5.69. The molecule has 0 saturated carbocycles. The second kappa shape index (κ2) is 4.36. The third kappa shape index (κ3) is 2.13. The smallest absolute Gasteiger partial charge is 0.162 e. The first-order valence-electron chi connectivity index (χ1n) is 4.85. The zero-order valence-corrected chi connectivity index (χ0v) is 9.25. The Hall–Kier alpha value is -1.48. The quantitative estimate of drug-likeness (QED) is 0.737. The van der Waals surface area contributed by atoms with Gasteiger partial charge in [-0.3, -0.25) is 4.79 Å². The van der Waals surface area contributed by atoms with Gasteiger partial charge in [-0.2, -0.15) is 4.37 Å². The summed E-state index contributed by atoms with van der Waals surface area (Å²) in [5, 5.41) is 1.94. The van der Waals surface area contributed by atoms with E-state index in [0.29, 0.717) is 6.42 Å². The molecule has 0 atom stereocenters. The predicted molar refractivity (Wildman–Crippen MR) is 62.2 cm³/mol.